The van der Waals surface area contributed by atoms with E-state index in [2.05, 4.69) is 0 Å². The molecule has 3 heteroatoms. The Bertz CT molecular complexity index is 260. The van der Waals surface area contributed by atoms with Crippen molar-refractivity contribution in [3.8, 4) is 0 Å². The minimum absolute atomic E-state index is 0.316. The van der Waals surface area contributed by atoms with Gasteiger partial charge in [-0.3, -0.25) is 4.79 Å². The summed E-state index contributed by atoms with van der Waals surface area (Å²) in [6.07, 6.45) is 0.656. The Kier molecular flexibility index (Phi) is 2.60. The van der Waals surface area contributed by atoms with Crippen LogP contribution in [0.25, 0.3) is 0 Å². The number of halogens is 2. The van der Waals surface area contributed by atoms with Gasteiger partial charge in [0.15, 0.2) is 5.63 Å². The van der Waals surface area contributed by atoms with Crippen molar-refractivity contribution in [1.29, 1.82) is 0 Å². The number of benzene rings is 1. The van der Waals surface area contributed by atoms with E-state index in [1.807, 2.05) is 0 Å². The number of carbonyl (C=O) groups excluding carboxylic acids is 1. The molecular weight excluding hydrogens is 167 g/mol. The van der Waals surface area contributed by atoms with Crippen molar-refractivity contribution in [2.24, 2.45) is 0 Å². The topological polar surface area (TPSA) is 17.1 Å². The Morgan fingerprint density at radius 3 is 2.82 bits per heavy atom. The van der Waals surface area contributed by atoms with Crippen LogP contribution in [0.1, 0.15) is 21.6 Å². The molecular formula is C8H6ClFO. The number of hydrogen-bond acceptors (Lipinski definition) is 1. The van der Waals surface area contributed by atoms with E-state index in [1.165, 1.54) is 12.1 Å². The molecule has 1 unspecified atom stereocenters. The molecule has 0 bridgehead atoms. The summed E-state index contributed by atoms with van der Waals surface area (Å²) >= 11 is 5.15. The summed E-state index contributed by atoms with van der Waals surface area (Å²) in [4.78, 5) is 10.2. The second-order valence-electron chi connectivity index (χ2n) is 2.09. The third-order valence-corrected chi connectivity index (χ3v) is 1.55. The zero-order chi connectivity index (χ0) is 8.27. The summed E-state index contributed by atoms with van der Waals surface area (Å²) in [5.41, 5.74) is -0.781. The average molecular weight is 173 g/mol. The van der Waals surface area contributed by atoms with Crippen molar-refractivity contribution >= 4 is 17.9 Å². The molecule has 0 heterocycles. The first kappa shape index (κ1) is 8.21. The lowest BCUT2D eigenvalue weighted by Crippen LogP contribution is -1.85. The van der Waals surface area contributed by atoms with Crippen molar-refractivity contribution in [2.45, 2.75) is 5.63 Å². The van der Waals surface area contributed by atoms with Gasteiger partial charge in [0, 0.05) is 11.1 Å². The van der Waals surface area contributed by atoms with Crippen molar-refractivity contribution in [3.63, 3.8) is 0 Å². The molecule has 0 spiro atoms. The van der Waals surface area contributed by atoms with Crippen LogP contribution in [0.15, 0.2) is 24.3 Å². The van der Waals surface area contributed by atoms with Gasteiger partial charge in [-0.25, -0.2) is 4.39 Å². The zero-order valence-corrected chi connectivity index (χ0v) is 6.38. The molecule has 0 aliphatic carbocycles. The van der Waals surface area contributed by atoms with Crippen molar-refractivity contribution in [1.82, 2.24) is 0 Å². The highest BCUT2D eigenvalue weighted by Gasteiger charge is 2.03. The van der Waals surface area contributed by atoms with E-state index < -0.39 is 5.63 Å². The summed E-state index contributed by atoms with van der Waals surface area (Å²) in [5, 5.41) is 0. The lowest BCUT2D eigenvalue weighted by molar-refractivity contribution is 0.112. The van der Waals surface area contributed by atoms with Crippen LogP contribution in [-0.4, -0.2) is 6.29 Å². The van der Waals surface area contributed by atoms with E-state index in [0.717, 1.165) is 0 Å². The van der Waals surface area contributed by atoms with Crippen molar-refractivity contribution < 1.29 is 9.18 Å². The van der Waals surface area contributed by atoms with Crippen LogP contribution in [0, 0.1) is 0 Å². The fraction of sp³-hybridized carbons (Fsp3) is 0.125. The molecule has 1 rings (SSSR count). The lowest BCUT2D eigenvalue weighted by atomic mass is 10.1. The van der Waals surface area contributed by atoms with Crippen LogP contribution in [-0.2, 0) is 0 Å². The molecule has 11 heavy (non-hydrogen) atoms. The highest BCUT2D eigenvalue weighted by Crippen LogP contribution is 2.21. The highest BCUT2D eigenvalue weighted by molar-refractivity contribution is 6.19. The number of aldehydes is 1. The molecule has 1 atom stereocenters. The molecule has 0 aromatic heterocycles. The van der Waals surface area contributed by atoms with Crippen LogP contribution in [0.3, 0.4) is 0 Å². The first-order chi connectivity index (χ1) is 5.24. The van der Waals surface area contributed by atoms with Gasteiger partial charge in [0.1, 0.15) is 6.29 Å². The van der Waals surface area contributed by atoms with Gasteiger partial charge in [-0.1, -0.05) is 29.8 Å². The van der Waals surface area contributed by atoms with Crippen LogP contribution >= 0.6 is 11.6 Å². The Labute approximate surface area is 68.8 Å². The number of rotatable bonds is 2. The van der Waals surface area contributed by atoms with E-state index in [9.17, 15) is 9.18 Å². The van der Waals surface area contributed by atoms with Crippen LogP contribution < -0.4 is 0 Å². The third kappa shape index (κ3) is 2.02. The summed E-state index contributed by atoms with van der Waals surface area (Å²) in [7, 11) is 0. The van der Waals surface area contributed by atoms with E-state index in [-0.39, 0.29) is 0 Å². The van der Waals surface area contributed by atoms with E-state index in [0.29, 0.717) is 17.4 Å². The minimum Gasteiger partial charge on any atom is -0.298 e. The SMILES string of the molecule is O=Cc1cccc(C(F)Cl)c1. The fourth-order valence-electron chi connectivity index (χ4n) is 0.768. The maximum atomic E-state index is 12.4. The average Bonchev–Trinajstić information content (AvgIpc) is 2.05. The van der Waals surface area contributed by atoms with Gasteiger partial charge in [-0.05, 0) is 6.07 Å². The second kappa shape index (κ2) is 3.49. The van der Waals surface area contributed by atoms with Crippen LogP contribution in [0.4, 0.5) is 4.39 Å². The summed E-state index contributed by atoms with van der Waals surface area (Å²) in [6.45, 7) is 0. The Morgan fingerprint density at radius 1 is 1.55 bits per heavy atom. The first-order valence-electron chi connectivity index (χ1n) is 3.07. The molecule has 0 saturated heterocycles. The molecule has 1 aromatic carbocycles. The number of hydrogen-bond donors (Lipinski definition) is 0. The molecule has 0 radical (unpaired) electrons. The molecule has 1 nitrogen and oxygen atoms in total. The fourth-order valence-corrected chi connectivity index (χ4v) is 0.904. The first-order valence-corrected chi connectivity index (χ1v) is 3.51. The zero-order valence-electron chi connectivity index (χ0n) is 5.63. The molecule has 0 aliphatic heterocycles. The Hall–Kier alpha value is -0.890. The second-order valence-corrected chi connectivity index (χ2v) is 2.47. The Balaban J connectivity index is 3.00. The maximum Gasteiger partial charge on any atom is 0.198 e. The van der Waals surface area contributed by atoms with Crippen LogP contribution in [0.5, 0.6) is 0 Å². The molecule has 0 fully saturated rings. The third-order valence-electron chi connectivity index (χ3n) is 1.30. The standard InChI is InChI=1S/C8H6ClFO/c9-8(10)7-3-1-2-6(4-7)5-11/h1-5,8H. The van der Waals surface area contributed by atoms with Gasteiger partial charge in [0.05, 0.1) is 0 Å². The van der Waals surface area contributed by atoms with E-state index in [1.54, 1.807) is 12.1 Å². The monoisotopic (exact) mass is 172 g/mol. The molecule has 58 valence electrons. The van der Waals surface area contributed by atoms with Gasteiger partial charge in [0.2, 0.25) is 0 Å². The van der Waals surface area contributed by atoms with Gasteiger partial charge < -0.3 is 0 Å². The van der Waals surface area contributed by atoms with Gasteiger partial charge in [-0.2, -0.15) is 0 Å². The maximum absolute atomic E-state index is 12.4. The Morgan fingerprint density at radius 2 is 2.27 bits per heavy atom. The molecule has 1 aromatic rings. The minimum atomic E-state index is -1.53. The van der Waals surface area contributed by atoms with Crippen molar-refractivity contribution in [2.75, 3.05) is 0 Å². The molecule has 0 amide bonds. The largest absolute Gasteiger partial charge is 0.298 e. The predicted octanol–water partition coefficient (Wildman–Crippen LogP) is 2.71. The quantitative estimate of drug-likeness (QED) is 0.495. The van der Waals surface area contributed by atoms with Crippen molar-refractivity contribution in [3.05, 3.63) is 35.4 Å². The van der Waals surface area contributed by atoms with Gasteiger partial charge >= 0.3 is 0 Å². The number of alkyl halides is 2. The normalized spacial score (nSPS) is 12.5. The smallest absolute Gasteiger partial charge is 0.198 e. The van der Waals surface area contributed by atoms with E-state index in [4.69, 9.17) is 11.6 Å². The summed E-state index contributed by atoms with van der Waals surface area (Å²) < 4.78 is 12.4. The molecule has 0 aliphatic rings. The summed E-state index contributed by atoms with van der Waals surface area (Å²) in [5.74, 6) is 0. The van der Waals surface area contributed by atoms with Gasteiger partial charge in [-0.15, -0.1) is 0 Å². The molecule has 0 N–H and O–H groups in total. The van der Waals surface area contributed by atoms with E-state index >= 15 is 0 Å². The lowest BCUT2D eigenvalue weighted by Gasteiger charge is -1.98. The number of carbonyl (C=O) groups is 1. The predicted molar refractivity (Wildman–Crippen MR) is 41.5 cm³/mol. The highest BCUT2D eigenvalue weighted by atomic mass is 35.5. The molecule has 0 saturated carbocycles. The van der Waals surface area contributed by atoms with Crippen LogP contribution in [0.2, 0.25) is 0 Å². The van der Waals surface area contributed by atoms with Gasteiger partial charge in [0.25, 0.3) is 0 Å². The summed E-state index contributed by atoms with van der Waals surface area (Å²) in [6, 6.07) is 6.14.